The Labute approximate surface area is 173 Å². The van der Waals surface area contributed by atoms with Crippen LogP contribution in [-0.2, 0) is 20.9 Å². The molecule has 2 amide bonds. The molecule has 1 heterocycles. The molecule has 0 bridgehead atoms. The van der Waals surface area contributed by atoms with Gasteiger partial charge in [0.05, 0.1) is 0 Å². The molecule has 2 aromatic rings. The average molecular weight is 414 g/mol. The summed E-state index contributed by atoms with van der Waals surface area (Å²) in [4.78, 5) is 37.1. The van der Waals surface area contributed by atoms with Crippen molar-refractivity contribution < 1.29 is 23.9 Å². The van der Waals surface area contributed by atoms with Gasteiger partial charge in [0.15, 0.2) is 6.10 Å². The van der Waals surface area contributed by atoms with Gasteiger partial charge in [-0.1, -0.05) is 42.1 Å². The van der Waals surface area contributed by atoms with Crippen molar-refractivity contribution in [2.45, 2.75) is 19.6 Å². The van der Waals surface area contributed by atoms with Crippen molar-refractivity contribution in [1.82, 2.24) is 4.90 Å². The Morgan fingerprint density at radius 2 is 1.86 bits per heavy atom. The molecule has 0 saturated carbocycles. The maximum atomic E-state index is 12.2. The summed E-state index contributed by atoms with van der Waals surface area (Å²) >= 11 is 1.17. The van der Waals surface area contributed by atoms with Gasteiger partial charge in [0.1, 0.15) is 18.9 Å². The van der Waals surface area contributed by atoms with E-state index in [-0.39, 0.29) is 11.8 Å². The number of esters is 1. The van der Waals surface area contributed by atoms with E-state index in [0.29, 0.717) is 30.3 Å². The van der Waals surface area contributed by atoms with E-state index in [1.165, 1.54) is 23.6 Å². The van der Waals surface area contributed by atoms with Gasteiger partial charge in [-0.25, -0.2) is 0 Å². The van der Waals surface area contributed by atoms with Gasteiger partial charge < -0.3 is 19.7 Å². The Morgan fingerprint density at radius 1 is 1.14 bits per heavy atom. The second kappa shape index (κ2) is 9.97. The maximum Gasteiger partial charge on any atom is 0.326 e. The fourth-order valence-corrected chi connectivity index (χ4v) is 3.46. The van der Waals surface area contributed by atoms with Gasteiger partial charge in [0.25, 0.3) is 11.1 Å². The monoisotopic (exact) mass is 414 g/mol. The lowest BCUT2D eigenvalue weighted by atomic mass is 10.2. The molecule has 3 rings (SSSR count). The molecule has 1 saturated heterocycles. The molecular formula is C21H22N2O5S. The summed E-state index contributed by atoms with van der Waals surface area (Å²) in [6, 6.07) is 16.8. The first-order chi connectivity index (χ1) is 14.0. The van der Waals surface area contributed by atoms with Gasteiger partial charge in [0.2, 0.25) is 0 Å². The van der Waals surface area contributed by atoms with E-state index in [2.05, 4.69) is 5.32 Å². The predicted octanol–water partition coefficient (Wildman–Crippen LogP) is 3.30. The van der Waals surface area contributed by atoms with Crippen molar-refractivity contribution in [3.05, 3.63) is 60.2 Å². The lowest BCUT2D eigenvalue weighted by molar-refractivity contribution is -0.153. The van der Waals surface area contributed by atoms with Crippen LogP contribution in [0.4, 0.5) is 10.5 Å². The summed E-state index contributed by atoms with van der Waals surface area (Å²) in [6.07, 6.45) is -0.970. The smallest absolute Gasteiger partial charge is 0.326 e. The number of amides is 2. The maximum absolute atomic E-state index is 12.2. The van der Waals surface area contributed by atoms with Crippen molar-refractivity contribution in [2.24, 2.45) is 0 Å². The summed E-state index contributed by atoms with van der Waals surface area (Å²) in [7, 11) is 0. The van der Waals surface area contributed by atoms with Crippen molar-refractivity contribution in [2.75, 3.05) is 24.2 Å². The SMILES string of the molecule is C[C@@H](OC(=O)CN1CCSC1=O)C(=O)Nc1ccc(OCc2ccccc2)cc1. The Balaban J connectivity index is 1.44. The second-order valence-corrected chi connectivity index (χ2v) is 7.50. The summed E-state index contributed by atoms with van der Waals surface area (Å²) < 4.78 is 10.8. The van der Waals surface area contributed by atoms with Crippen LogP contribution in [0.3, 0.4) is 0 Å². The Kier molecular flexibility index (Phi) is 7.13. The molecule has 0 unspecified atom stereocenters. The highest BCUT2D eigenvalue weighted by Crippen LogP contribution is 2.18. The van der Waals surface area contributed by atoms with Crippen molar-refractivity contribution in [1.29, 1.82) is 0 Å². The highest BCUT2D eigenvalue weighted by molar-refractivity contribution is 8.13. The van der Waals surface area contributed by atoms with E-state index >= 15 is 0 Å². The molecular weight excluding hydrogens is 392 g/mol. The van der Waals surface area contributed by atoms with Crippen molar-refractivity contribution >= 4 is 34.6 Å². The molecule has 0 spiro atoms. The lowest BCUT2D eigenvalue weighted by Gasteiger charge is -2.17. The zero-order chi connectivity index (χ0) is 20.6. The first-order valence-electron chi connectivity index (χ1n) is 9.20. The number of anilines is 1. The number of nitrogens with zero attached hydrogens (tertiary/aromatic N) is 1. The summed E-state index contributed by atoms with van der Waals surface area (Å²) in [6.45, 7) is 2.32. The van der Waals surface area contributed by atoms with Crippen LogP contribution in [0.25, 0.3) is 0 Å². The van der Waals surface area contributed by atoms with E-state index in [4.69, 9.17) is 9.47 Å². The summed E-state index contributed by atoms with van der Waals surface area (Å²) in [5, 5.41) is 2.55. The van der Waals surface area contributed by atoms with E-state index in [1.807, 2.05) is 30.3 Å². The van der Waals surface area contributed by atoms with Crippen LogP contribution in [0, 0.1) is 0 Å². The quantitative estimate of drug-likeness (QED) is 0.667. The molecule has 0 aromatic heterocycles. The minimum atomic E-state index is -0.970. The number of carbonyl (C=O) groups is 3. The third-order valence-corrected chi connectivity index (χ3v) is 5.10. The van der Waals surface area contributed by atoms with Crippen LogP contribution in [-0.4, -0.2) is 47.0 Å². The first kappa shape index (κ1) is 20.7. The highest BCUT2D eigenvalue weighted by Gasteiger charge is 2.26. The molecule has 1 atom stereocenters. The van der Waals surface area contributed by atoms with Crippen LogP contribution in [0.5, 0.6) is 5.75 Å². The van der Waals surface area contributed by atoms with Crippen molar-refractivity contribution in [3.8, 4) is 5.75 Å². The Morgan fingerprint density at radius 3 is 2.52 bits per heavy atom. The van der Waals surface area contributed by atoms with Gasteiger partial charge in [-0.2, -0.15) is 0 Å². The van der Waals surface area contributed by atoms with E-state index < -0.39 is 18.0 Å². The normalized spacial score (nSPS) is 14.4. The standard InChI is InChI=1S/C21H22N2O5S/c1-15(28-19(24)13-23-11-12-29-21(23)26)20(25)22-17-7-9-18(10-8-17)27-14-16-5-3-2-4-6-16/h2-10,15H,11-14H2,1H3,(H,22,25)/t15-/m1/s1. The number of hydrogen-bond acceptors (Lipinski definition) is 6. The molecule has 2 aromatic carbocycles. The minimum absolute atomic E-state index is 0.142. The fourth-order valence-electron chi connectivity index (χ4n) is 2.63. The first-order valence-corrected chi connectivity index (χ1v) is 10.2. The third kappa shape index (κ3) is 6.25. The minimum Gasteiger partial charge on any atom is -0.489 e. The topological polar surface area (TPSA) is 84.9 Å². The molecule has 0 radical (unpaired) electrons. The molecule has 1 fully saturated rings. The van der Waals surface area contributed by atoms with Crippen LogP contribution in [0.1, 0.15) is 12.5 Å². The van der Waals surface area contributed by atoms with Crippen LogP contribution < -0.4 is 10.1 Å². The number of nitrogens with one attached hydrogen (secondary N) is 1. The van der Waals surface area contributed by atoms with Gasteiger partial charge in [-0.3, -0.25) is 14.4 Å². The molecule has 0 aliphatic carbocycles. The van der Waals surface area contributed by atoms with Crippen molar-refractivity contribution in [3.63, 3.8) is 0 Å². The average Bonchev–Trinajstić information content (AvgIpc) is 3.12. The number of rotatable bonds is 8. The summed E-state index contributed by atoms with van der Waals surface area (Å²) in [5.74, 6) is 0.291. The Bertz CT molecular complexity index is 857. The van der Waals surface area contributed by atoms with Gasteiger partial charge >= 0.3 is 5.97 Å². The lowest BCUT2D eigenvalue weighted by Crippen LogP contribution is -2.36. The molecule has 8 heteroatoms. The molecule has 7 nitrogen and oxygen atoms in total. The van der Waals surface area contributed by atoms with E-state index in [9.17, 15) is 14.4 Å². The van der Waals surface area contributed by atoms with Gasteiger partial charge in [0, 0.05) is 18.0 Å². The molecule has 1 N–H and O–H groups in total. The van der Waals surface area contributed by atoms with E-state index in [1.54, 1.807) is 24.3 Å². The molecule has 1 aliphatic heterocycles. The largest absolute Gasteiger partial charge is 0.489 e. The molecule has 152 valence electrons. The van der Waals surface area contributed by atoms with E-state index in [0.717, 1.165) is 5.56 Å². The predicted molar refractivity (Wildman–Crippen MR) is 111 cm³/mol. The van der Waals surface area contributed by atoms with Crippen LogP contribution >= 0.6 is 11.8 Å². The highest BCUT2D eigenvalue weighted by atomic mass is 32.2. The fraction of sp³-hybridized carbons (Fsp3) is 0.286. The number of hydrogen-bond donors (Lipinski definition) is 1. The number of benzene rings is 2. The van der Waals surface area contributed by atoms with Crippen LogP contribution in [0.2, 0.25) is 0 Å². The van der Waals surface area contributed by atoms with Crippen LogP contribution in [0.15, 0.2) is 54.6 Å². The number of carbonyl (C=O) groups excluding carboxylic acids is 3. The zero-order valence-electron chi connectivity index (χ0n) is 16.0. The van der Waals surface area contributed by atoms with Gasteiger partial charge in [-0.15, -0.1) is 0 Å². The third-order valence-electron chi connectivity index (χ3n) is 4.21. The second-order valence-electron chi connectivity index (χ2n) is 6.46. The molecule has 1 aliphatic rings. The number of ether oxygens (including phenoxy) is 2. The molecule has 29 heavy (non-hydrogen) atoms. The Hall–Kier alpha value is -3.00. The zero-order valence-corrected chi connectivity index (χ0v) is 16.8. The number of thioether (sulfide) groups is 1. The van der Waals surface area contributed by atoms with Gasteiger partial charge in [-0.05, 0) is 36.8 Å². The summed E-state index contributed by atoms with van der Waals surface area (Å²) in [5.41, 5.74) is 1.63.